The Kier molecular flexibility index (Phi) is 6.08. The molecule has 0 saturated heterocycles. The van der Waals surface area contributed by atoms with E-state index in [4.69, 9.17) is 5.14 Å². The molecule has 0 aliphatic carbocycles. The molecule has 4 N–H and O–H groups in total. The van der Waals surface area contributed by atoms with Gasteiger partial charge in [0.1, 0.15) is 0 Å². The van der Waals surface area contributed by atoms with E-state index in [9.17, 15) is 21.6 Å². The molecule has 0 spiro atoms. The molecule has 0 unspecified atom stereocenters. The fraction of sp³-hybridized carbons (Fsp3) is 0.188. The monoisotopic (exact) mass is 413 g/mol. The minimum atomic E-state index is -4.02. The first kappa shape index (κ1) is 20.7. The molecule has 146 valence electrons. The summed E-state index contributed by atoms with van der Waals surface area (Å²) in [5, 5.41) is 10.5. The van der Waals surface area contributed by atoms with E-state index in [0.717, 1.165) is 17.9 Å². The second kappa shape index (κ2) is 7.94. The van der Waals surface area contributed by atoms with Crippen molar-refractivity contribution in [1.29, 1.82) is 0 Å². The summed E-state index contributed by atoms with van der Waals surface area (Å²) < 4.78 is 51.4. The number of hydrogen-bond acceptors (Lipinski definition) is 7. The number of carbonyl (C=O) groups excluding carboxylic acids is 1. The third kappa shape index (κ3) is 5.67. The number of nitrogens with two attached hydrogens (primary N) is 1. The zero-order valence-electron chi connectivity index (χ0n) is 14.6. The van der Waals surface area contributed by atoms with Crippen LogP contribution in [0.15, 0.2) is 52.3 Å². The van der Waals surface area contributed by atoms with E-state index in [0.29, 0.717) is 5.69 Å². The normalized spacial score (nSPS) is 11.7. The van der Waals surface area contributed by atoms with Gasteiger partial charge in [0.15, 0.2) is 9.84 Å². The van der Waals surface area contributed by atoms with Crippen LogP contribution in [-0.4, -0.2) is 36.3 Å². The third-order valence-electron chi connectivity index (χ3n) is 3.55. The van der Waals surface area contributed by atoms with E-state index in [-0.39, 0.29) is 22.0 Å². The average Bonchev–Trinajstić information content (AvgIpc) is 2.59. The molecule has 0 saturated carbocycles. The van der Waals surface area contributed by atoms with E-state index in [2.05, 4.69) is 15.4 Å². The van der Waals surface area contributed by atoms with Crippen LogP contribution in [0.25, 0.3) is 0 Å². The summed E-state index contributed by atoms with van der Waals surface area (Å²) in [6.07, 6.45) is 0.391. The summed E-state index contributed by atoms with van der Waals surface area (Å²) in [6.45, 7) is 0.274. The van der Waals surface area contributed by atoms with Crippen LogP contribution in [0.2, 0.25) is 0 Å². The second-order valence-corrected chi connectivity index (χ2v) is 9.19. The molecule has 1 amide bonds. The number of sulfone groups is 1. The van der Waals surface area contributed by atoms with E-state index < -0.39 is 26.0 Å². The Hall–Kier alpha value is -2.63. The third-order valence-corrected chi connectivity index (χ3v) is 5.60. The first-order chi connectivity index (χ1) is 12.5. The van der Waals surface area contributed by atoms with Crippen LogP contribution in [0.4, 0.5) is 16.2 Å². The van der Waals surface area contributed by atoms with Crippen molar-refractivity contribution in [3.8, 4) is 0 Å². The lowest BCUT2D eigenvalue weighted by Gasteiger charge is -2.13. The Labute approximate surface area is 157 Å². The molecular formula is C16H19N3O6S2. The molecule has 0 bridgehead atoms. The molecular weight excluding hydrogens is 394 g/mol. The van der Waals surface area contributed by atoms with Crippen molar-refractivity contribution in [3.05, 3.63) is 48.0 Å². The number of carbonyl (C=O) groups is 1. The number of primary sulfonamides is 1. The van der Waals surface area contributed by atoms with Crippen molar-refractivity contribution < 1.29 is 26.4 Å². The Morgan fingerprint density at radius 1 is 1.07 bits per heavy atom. The van der Waals surface area contributed by atoms with Gasteiger partial charge >= 0.3 is 6.09 Å². The van der Waals surface area contributed by atoms with Crippen molar-refractivity contribution >= 4 is 37.3 Å². The molecule has 2 aromatic carbocycles. The van der Waals surface area contributed by atoms with Gasteiger partial charge in [-0.25, -0.2) is 26.8 Å². The molecule has 0 aromatic heterocycles. The average molecular weight is 413 g/mol. The fourth-order valence-electron chi connectivity index (χ4n) is 2.20. The van der Waals surface area contributed by atoms with Crippen LogP contribution in [-0.2, 0) is 31.1 Å². The standard InChI is InChI=1S/C16H19N3O6S2/c1-25-16(20)19-12-5-3-11(4-6-12)10-18-14-8-7-13(27(17,23)24)9-15(14)26(2,21)22/h3-9,18H,10H2,1-2H3,(H,19,20)(H2,17,23,24). The Morgan fingerprint density at radius 2 is 1.70 bits per heavy atom. The van der Waals surface area contributed by atoms with Crippen LogP contribution < -0.4 is 15.8 Å². The highest BCUT2D eigenvalue weighted by atomic mass is 32.2. The van der Waals surface area contributed by atoms with E-state index >= 15 is 0 Å². The lowest BCUT2D eigenvalue weighted by molar-refractivity contribution is 0.187. The second-order valence-electron chi connectivity index (χ2n) is 5.64. The lowest BCUT2D eigenvalue weighted by atomic mass is 10.2. The predicted octanol–water partition coefficient (Wildman–Crippen LogP) is 1.53. The molecule has 2 aromatic rings. The van der Waals surface area contributed by atoms with Crippen LogP contribution in [0.1, 0.15) is 5.56 Å². The fourth-order valence-corrected chi connectivity index (χ4v) is 3.70. The number of anilines is 2. The predicted molar refractivity (Wildman–Crippen MR) is 101 cm³/mol. The first-order valence-corrected chi connectivity index (χ1v) is 11.0. The van der Waals surface area contributed by atoms with Crippen LogP contribution in [0.3, 0.4) is 0 Å². The molecule has 0 atom stereocenters. The quantitative estimate of drug-likeness (QED) is 0.651. The van der Waals surface area contributed by atoms with Crippen molar-refractivity contribution in [3.63, 3.8) is 0 Å². The van der Waals surface area contributed by atoms with Crippen molar-refractivity contribution in [2.24, 2.45) is 5.14 Å². The van der Waals surface area contributed by atoms with Crippen LogP contribution in [0.5, 0.6) is 0 Å². The number of amides is 1. The smallest absolute Gasteiger partial charge is 0.411 e. The SMILES string of the molecule is COC(=O)Nc1ccc(CNc2ccc(S(N)(=O)=O)cc2S(C)(=O)=O)cc1. The van der Waals surface area contributed by atoms with Gasteiger partial charge < -0.3 is 10.1 Å². The summed E-state index contributed by atoms with van der Waals surface area (Å²) in [4.78, 5) is 10.7. The number of benzene rings is 2. The molecule has 0 fully saturated rings. The van der Waals surface area contributed by atoms with Gasteiger partial charge in [0.2, 0.25) is 10.0 Å². The largest absolute Gasteiger partial charge is 0.453 e. The number of ether oxygens (including phenoxy) is 1. The van der Waals surface area contributed by atoms with E-state index in [1.54, 1.807) is 24.3 Å². The number of hydrogen-bond donors (Lipinski definition) is 3. The molecule has 0 radical (unpaired) electrons. The summed E-state index contributed by atoms with van der Waals surface area (Å²) >= 11 is 0. The van der Waals surface area contributed by atoms with Gasteiger partial charge in [-0.1, -0.05) is 12.1 Å². The maximum atomic E-state index is 12.0. The molecule has 0 aliphatic rings. The topological polar surface area (TPSA) is 145 Å². The minimum Gasteiger partial charge on any atom is -0.453 e. The number of nitrogens with one attached hydrogen (secondary N) is 2. The Morgan fingerprint density at radius 3 is 2.22 bits per heavy atom. The number of sulfonamides is 1. The Balaban J connectivity index is 2.21. The van der Waals surface area contributed by atoms with Crippen molar-refractivity contribution in [2.75, 3.05) is 24.0 Å². The van der Waals surface area contributed by atoms with Gasteiger partial charge in [0, 0.05) is 18.5 Å². The van der Waals surface area contributed by atoms with Gasteiger partial charge in [-0.05, 0) is 35.9 Å². The molecule has 11 heteroatoms. The molecule has 0 aliphatic heterocycles. The van der Waals surface area contributed by atoms with Gasteiger partial charge in [-0.2, -0.15) is 0 Å². The summed E-state index contributed by atoms with van der Waals surface area (Å²) in [5.74, 6) is 0. The van der Waals surface area contributed by atoms with Crippen molar-refractivity contribution in [2.45, 2.75) is 16.3 Å². The first-order valence-electron chi connectivity index (χ1n) is 7.55. The maximum Gasteiger partial charge on any atom is 0.411 e. The highest BCUT2D eigenvalue weighted by molar-refractivity contribution is 7.91. The minimum absolute atomic E-state index is 0.169. The number of methoxy groups -OCH3 is 1. The van der Waals surface area contributed by atoms with Crippen LogP contribution >= 0.6 is 0 Å². The molecule has 9 nitrogen and oxygen atoms in total. The highest BCUT2D eigenvalue weighted by Crippen LogP contribution is 2.25. The van der Waals surface area contributed by atoms with Gasteiger partial charge in [0.25, 0.3) is 0 Å². The maximum absolute atomic E-state index is 12.0. The zero-order chi connectivity index (χ0) is 20.2. The summed E-state index contributed by atoms with van der Waals surface area (Å²) in [6, 6.07) is 10.4. The zero-order valence-corrected chi connectivity index (χ0v) is 16.2. The number of rotatable bonds is 6. The molecule has 2 rings (SSSR count). The Bertz CT molecular complexity index is 1050. The van der Waals surface area contributed by atoms with Crippen LogP contribution in [0, 0.1) is 0 Å². The van der Waals surface area contributed by atoms with Gasteiger partial charge in [0.05, 0.1) is 22.6 Å². The molecule has 27 heavy (non-hydrogen) atoms. The lowest BCUT2D eigenvalue weighted by Crippen LogP contribution is -2.14. The van der Waals surface area contributed by atoms with E-state index in [1.165, 1.54) is 19.2 Å². The summed E-state index contributed by atoms with van der Waals surface area (Å²) in [7, 11) is -6.45. The highest BCUT2D eigenvalue weighted by Gasteiger charge is 2.18. The molecule has 0 heterocycles. The van der Waals surface area contributed by atoms with E-state index in [1.807, 2.05) is 0 Å². The van der Waals surface area contributed by atoms with Gasteiger partial charge in [-0.3, -0.25) is 5.32 Å². The summed E-state index contributed by atoms with van der Waals surface area (Å²) in [5.41, 5.74) is 1.60. The van der Waals surface area contributed by atoms with Gasteiger partial charge in [-0.15, -0.1) is 0 Å². The van der Waals surface area contributed by atoms with Crippen molar-refractivity contribution in [1.82, 2.24) is 0 Å².